The van der Waals surface area contributed by atoms with Crippen molar-refractivity contribution in [2.24, 2.45) is 0 Å². The van der Waals surface area contributed by atoms with E-state index in [1.807, 2.05) is 55.5 Å². The molecule has 0 aliphatic rings. The third-order valence-electron chi connectivity index (χ3n) is 7.36. The van der Waals surface area contributed by atoms with E-state index in [4.69, 9.17) is 14.2 Å². The molecule has 1 atom stereocenters. The summed E-state index contributed by atoms with van der Waals surface area (Å²) in [4.78, 5) is 40.7. The molecule has 5 rings (SSSR count). The fraction of sp³-hybridized carbons (Fsp3) is 0.132. The van der Waals surface area contributed by atoms with Gasteiger partial charge in [0.2, 0.25) is 5.91 Å². The molecule has 3 amide bonds. The molecule has 0 aliphatic carbocycles. The fourth-order valence-corrected chi connectivity index (χ4v) is 5.80. The quantitative estimate of drug-likeness (QED) is 0.0943. The molecular formula is C38H35N3O6S. The van der Waals surface area contributed by atoms with Crippen LogP contribution in [0.25, 0.3) is 16.8 Å². The molecule has 0 heterocycles. The monoisotopic (exact) mass is 661 g/mol. The molecule has 5 aromatic carbocycles. The van der Waals surface area contributed by atoms with E-state index in [1.54, 1.807) is 60.7 Å². The lowest BCUT2D eigenvalue weighted by atomic mass is 10.1. The van der Waals surface area contributed by atoms with Gasteiger partial charge in [-0.2, -0.15) is 0 Å². The van der Waals surface area contributed by atoms with Crippen molar-refractivity contribution in [1.29, 1.82) is 0 Å². The number of amides is 3. The third-order valence-corrected chi connectivity index (χ3v) is 8.45. The van der Waals surface area contributed by atoms with Crippen molar-refractivity contribution in [3.8, 4) is 17.2 Å². The van der Waals surface area contributed by atoms with Crippen molar-refractivity contribution in [3.05, 3.63) is 126 Å². The summed E-state index contributed by atoms with van der Waals surface area (Å²) in [6.45, 7) is 1.82. The Morgan fingerprint density at radius 3 is 2.06 bits per heavy atom. The number of carbonyl (C=O) groups excluding carboxylic acids is 3. The van der Waals surface area contributed by atoms with Crippen molar-refractivity contribution in [1.82, 2.24) is 5.32 Å². The van der Waals surface area contributed by atoms with E-state index in [0.717, 1.165) is 21.4 Å². The Morgan fingerprint density at radius 2 is 1.33 bits per heavy atom. The highest BCUT2D eigenvalue weighted by atomic mass is 32.2. The predicted molar refractivity (Wildman–Crippen MR) is 191 cm³/mol. The summed E-state index contributed by atoms with van der Waals surface area (Å²) in [5.41, 5.74) is 2.02. The Bertz CT molecular complexity index is 1980. The van der Waals surface area contributed by atoms with E-state index in [0.29, 0.717) is 34.1 Å². The van der Waals surface area contributed by atoms with Crippen molar-refractivity contribution < 1.29 is 28.6 Å². The molecule has 244 valence electrons. The SMILES string of the molecule is COc1cc(OC)c(OC)cc1/C=C(/NC(=O)c1ccccc1)C(=O)Nc1cccc(SC(C)C(=O)Nc2ccc3ccccc3c2)c1. The summed E-state index contributed by atoms with van der Waals surface area (Å²) >= 11 is 1.36. The van der Waals surface area contributed by atoms with Gasteiger partial charge in [-0.05, 0) is 72.3 Å². The first kappa shape index (κ1) is 33.6. The van der Waals surface area contributed by atoms with Gasteiger partial charge in [-0.15, -0.1) is 11.8 Å². The fourth-order valence-electron chi connectivity index (χ4n) is 4.88. The molecule has 0 bridgehead atoms. The topological polar surface area (TPSA) is 115 Å². The average molecular weight is 662 g/mol. The summed E-state index contributed by atoms with van der Waals surface area (Å²) in [5.74, 6) is 0.0820. The number of fused-ring (bicyclic) bond motifs is 1. The van der Waals surface area contributed by atoms with Crippen LogP contribution in [0.4, 0.5) is 11.4 Å². The van der Waals surface area contributed by atoms with Crippen LogP contribution in [0.5, 0.6) is 17.2 Å². The van der Waals surface area contributed by atoms with E-state index in [9.17, 15) is 14.4 Å². The number of nitrogens with one attached hydrogen (secondary N) is 3. The summed E-state index contributed by atoms with van der Waals surface area (Å²) in [6, 6.07) is 32.8. The van der Waals surface area contributed by atoms with Crippen LogP contribution in [0.1, 0.15) is 22.8 Å². The van der Waals surface area contributed by atoms with Crippen LogP contribution in [0.15, 0.2) is 120 Å². The van der Waals surface area contributed by atoms with Gasteiger partial charge in [-0.1, -0.05) is 54.6 Å². The first-order valence-electron chi connectivity index (χ1n) is 15.0. The van der Waals surface area contributed by atoms with E-state index in [-0.39, 0.29) is 11.6 Å². The minimum atomic E-state index is -0.569. The molecule has 1 unspecified atom stereocenters. The van der Waals surface area contributed by atoms with Gasteiger partial charge in [0.25, 0.3) is 11.8 Å². The highest BCUT2D eigenvalue weighted by Gasteiger charge is 2.19. The first-order valence-corrected chi connectivity index (χ1v) is 15.9. The summed E-state index contributed by atoms with van der Waals surface area (Å²) in [6.07, 6.45) is 1.51. The van der Waals surface area contributed by atoms with Gasteiger partial charge >= 0.3 is 0 Å². The second-order valence-electron chi connectivity index (χ2n) is 10.6. The molecule has 3 N–H and O–H groups in total. The lowest BCUT2D eigenvalue weighted by Crippen LogP contribution is -2.30. The Morgan fingerprint density at radius 1 is 0.667 bits per heavy atom. The normalized spacial score (nSPS) is 11.7. The number of ether oxygens (including phenoxy) is 3. The summed E-state index contributed by atoms with van der Waals surface area (Å²) in [7, 11) is 4.50. The maximum Gasteiger partial charge on any atom is 0.272 e. The lowest BCUT2D eigenvalue weighted by Gasteiger charge is -2.15. The smallest absolute Gasteiger partial charge is 0.272 e. The van der Waals surface area contributed by atoms with Crippen molar-refractivity contribution >= 4 is 57.7 Å². The first-order chi connectivity index (χ1) is 23.3. The molecule has 0 spiro atoms. The van der Waals surface area contributed by atoms with Gasteiger partial charge in [0.15, 0.2) is 11.5 Å². The van der Waals surface area contributed by atoms with Crippen LogP contribution < -0.4 is 30.2 Å². The van der Waals surface area contributed by atoms with Crippen LogP contribution in [0.2, 0.25) is 0 Å². The van der Waals surface area contributed by atoms with Crippen molar-refractivity contribution in [3.63, 3.8) is 0 Å². The minimum absolute atomic E-state index is 0.0319. The molecule has 0 fully saturated rings. The number of benzene rings is 5. The maximum absolute atomic E-state index is 13.7. The van der Waals surface area contributed by atoms with Crippen LogP contribution in [-0.4, -0.2) is 44.3 Å². The molecule has 0 saturated heterocycles. The zero-order valence-electron chi connectivity index (χ0n) is 26.9. The van der Waals surface area contributed by atoms with Gasteiger partial charge in [-0.3, -0.25) is 14.4 Å². The molecule has 9 nitrogen and oxygen atoms in total. The minimum Gasteiger partial charge on any atom is -0.496 e. The molecule has 0 radical (unpaired) electrons. The molecule has 0 aliphatic heterocycles. The number of thioether (sulfide) groups is 1. The largest absolute Gasteiger partial charge is 0.496 e. The molecular weight excluding hydrogens is 626 g/mol. The highest BCUT2D eigenvalue weighted by molar-refractivity contribution is 8.00. The van der Waals surface area contributed by atoms with E-state index in [1.165, 1.54) is 39.2 Å². The van der Waals surface area contributed by atoms with Crippen molar-refractivity contribution in [2.45, 2.75) is 17.1 Å². The Labute approximate surface area is 283 Å². The zero-order chi connectivity index (χ0) is 34.0. The standard InChI is InChI=1S/C38H35N3O6S/c1-24(36(42)39-30-18-17-25-11-8-9-14-27(25)19-30)48-31-16-10-15-29(22-31)40-38(44)32(41-37(43)26-12-6-5-7-13-26)20-28-21-34(46-3)35(47-4)23-33(28)45-2/h5-24H,1-4H3,(H,39,42)(H,40,44)(H,41,43)/b32-20+. The van der Waals surface area contributed by atoms with E-state index in [2.05, 4.69) is 16.0 Å². The summed E-state index contributed by atoms with van der Waals surface area (Å²) in [5, 5.41) is 10.3. The van der Waals surface area contributed by atoms with Crippen molar-refractivity contribution in [2.75, 3.05) is 32.0 Å². The van der Waals surface area contributed by atoms with Gasteiger partial charge < -0.3 is 30.2 Å². The van der Waals surface area contributed by atoms with Gasteiger partial charge in [0.1, 0.15) is 11.4 Å². The Hall–Kier alpha value is -5.74. The number of hydrogen-bond acceptors (Lipinski definition) is 7. The van der Waals surface area contributed by atoms with Crippen LogP contribution in [-0.2, 0) is 9.59 Å². The number of rotatable bonds is 12. The van der Waals surface area contributed by atoms with Gasteiger partial charge in [-0.25, -0.2) is 0 Å². The van der Waals surface area contributed by atoms with Gasteiger partial charge in [0.05, 0.1) is 26.6 Å². The third kappa shape index (κ3) is 8.34. The van der Waals surface area contributed by atoms with Crippen LogP contribution in [0, 0.1) is 0 Å². The predicted octanol–water partition coefficient (Wildman–Crippen LogP) is 7.39. The Kier molecular flexibility index (Phi) is 11.0. The highest BCUT2D eigenvalue weighted by Crippen LogP contribution is 2.36. The molecule has 0 saturated carbocycles. The van der Waals surface area contributed by atoms with Crippen LogP contribution in [0.3, 0.4) is 0 Å². The molecule has 48 heavy (non-hydrogen) atoms. The summed E-state index contributed by atoms with van der Waals surface area (Å²) < 4.78 is 16.4. The Balaban J connectivity index is 1.35. The van der Waals surface area contributed by atoms with Crippen LogP contribution >= 0.6 is 11.8 Å². The lowest BCUT2D eigenvalue weighted by molar-refractivity contribution is -0.115. The van der Waals surface area contributed by atoms with E-state index < -0.39 is 17.1 Å². The average Bonchev–Trinajstić information content (AvgIpc) is 3.11. The van der Waals surface area contributed by atoms with Gasteiger partial charge in [0, 0.05) is 33.5 Å². The number of carbonyl (C=O) groups is 3. The zero-order valence-corrected chi connectivity index (χ0v) is 27.7. The molecule has 5 aromatic rings. The maximum atomic E-state index is 13.7. The number of anilines is 2. The number of methoxy groups -OCH3 is 3. The molecule has 0 aromatic heterocycles. The second-order valence-corrected chi connectivity index (χ2v) is 12.0. The second kappa shape index (κ2) is 15.7. The number of hydrogen-bond donors (Lipinski definition) is 3. The molecule has 10 heteroatoms. The van der Waals surface area contributed by atoms with E-state index >= 15 is 0 Å².